The molecule has 3 nitrogen and oxygen atoms in total. The van der Waals surface area contributed by atoms with Crippen LogP contribution >= 0.6 is 0 Å². The van der Waals surface area contributed by atoms with E-state index in [2.05, 4.69) is 25.1 Å². The number of carbonyl (C=O) groups is 1. The monoisotopic (exact) mass is 230 g/mol. The van der Waals surface area contributed by atoms with Gasteiger partial charge in [0.15, 0.2) is 0 Å². The molecule has 90 valence electrons. The number of benzene rings is 1. The minimum atomic E-state index is 0.115. The van der Waals surface area contributed by atoms with Gasteiger partial charge in [0.2, 0.25) is 5.91 Å². The molecule has 0 aromatic heterocycles. The highest BCUT2D eigenvalue weighted by Gasteiger charge is 2.50. The Morgan fingerprint density at radius 3 is 2.71 bits per heavy atom. The zero-order valence-corrected chi connectivity index (χ0v) is 10.4. The van der Waals surface area contributed by atoms with Crippen LogP contribution in [0.4, 0.5) is 5.69 Å². The number of carbonyl (C=O) groups excluding carboxylic acids is 1. The van der Waals surface area contributed by atoms with Crippen molar-refractivity contribution in [2.24, 2.45) is 5.73 Å². The van der Waals surface area contributed by atoms with Gasteiger partial charge in [-0.3, -0.25) is 4.79 Å². The Balaban J connectivity index is 2.15. The number of hydrogen-bond donors (Lipinski definition) is 1. The topological polar surface area (TPSA) is 46.3 Å². The summed E-state index contributed by atoms with van der Waals surface area (Å²) in [4.78, 5) is 13.6. The van der Waals surface area contributed by atoms with Gasteiger partial charge in [-0.05, 0) is 30.9 Å². The van der Waals surface area contributed by atoms with E-state index in [-0.39, 0.29) is 17.4 Å². The SMILES string of the molecule is CC(N)C1(c2cccc3c2N(C)C(=O)C3)CC1. The lowest BCUT2D eigenvalue weighted by molar-refractivity contribution is -0.117. The van der Waals surface area contributed by atoms with Crippen LogP contribution in [0.15, 0.2) is 18.2 Å². The number of nitrogens with two attached hydrogens (primary N) is 1. The lowest BCUT2D eigenvalue weighted by Crippen LogP contribution is -2.33. The van der Waals surface area contributed by atoms with Gasteiger partial charge in [0.05, 0.1) is 12.1 Å². The number of fused-ring (bicyclic) bond motifs is 1. The molecule has 0 saturated heterocycles. The molecule has 0 spiro atoms. The Kier molecular flexibility index (Phi) is 2.11. The predicted octanol–water partition coefficient (Wildman–Crippen LogP) is 1.58. The van der Waals surface area contributed by atoms with E-state index in [1.165, 1.54) is 5.56 Å². The molecule has 0 radical (unpaired) electrons. The van der Waals surface area contributed by atoms with Crippen LogP contribution in [-0.4, -0.2) is 19.0 Å². The van der Waals surface area contributed by atoms with Gasteiger partial charge < -0.3 is 10.6 Å². The van der Waals surface area contributed by atoms with E-state index in [1.54, 1.807) is 4.90 Å². The number of hydrogen-bond acceptors (Lipinski definition) is 2. The Hall–Kier alpha value is -1.35. The van der Waals surface area contributed by atoms with Crippen molar-refractivity contribution in [1.82, 2.24) is 0 Å². The maximum absolute atomic E-state index is 11.8. The second-order valence-electron chi connectivity index (χ2n) is 5.39. The van der Waals surface area contributed by atoms with Crippen LogP contribution in [-0.2, 0) is 16.6 Å². The number of amides is 1. The normalized spacial score (nSPS) is 22.5. The Bertz CT molecular complexity index is 489. The van der Waals surface area contributed by atoms with Gasteiger partial charge in [0, 0.05) is 18.5 Å². The van der Waals surface area contributed by atoms with Crippen molar-refractivity contribution in [3.63, 3.8) is 0 Å². The minimum absolute atomic E-state index is 0.115. The second kappa shape index (κ2) is 3.33. The van der Waals surface area contributed by atoms with E-state index in [4.69, 9.17) is 5.73 Å². The van der Waals surface area contributed by atoms with Crippen LogP contribution in [0.2, 0.25) is 0 Å². The number of para-hydroxylation sites is 1. The first kappa shape index (κ1) is 10.8. The molecule has 0 bridgehead atoms. The van der Waals surface area contributed by atoms with Gasteiger partial charge in [0.1, 0.15) is 0 Å². The van der Waals surface area contributed by atoms with Gasteiger partial charge >= 0.3 is 0 Å². The van der Waals surface area contributed by atoms with Crippen molar-refractivity contribution in [2.75, 3.05) is 11.9 Å². The smallest absolute Gasteiger partial charge is 0.231 e. The maximum atomic E-state index is 11.8. The molecule has 1 aromatic rings. The summed E-state index contributed by atoms with van der Waals surface area (Å²) in [5.41, 5.74) is 9.80. The van der Waals surface area contributed by atoms with Crippen molar-refractivity contribution in [2.45, 2.75) is 37.6 Å². The Morgan fingerprint density at radius 2 is 2.12 bits per heavy atom. The van der Waals surface area contributed by atoms with Crippen LogP contribution in [0.5, 0.6) is 0 Å². The van der Waals surface area contributed by atoms with Crippen molar-refractivity contribution in [1.29, 1.82) is 0 Å². The van der Waals surface area contributed by atoms with E-state index < -0.39 is 0 Å². The zero-order valence-electron chi connectivity index (χ0n) is 10.4. The van der Waals surface area contributed by atoms with Crippen molar-refractivity contribution in [3.8, 4) is 0 Å². The van der Waals surface area contributed by atoms with Crippen molar-refractivity contribution in [3.05, 3.63) is 29.3 Å². The average Bonchev–Trinajstić information content (AvgIpc) is 3.04. The first-order valence-electron chi connectivity index (χ1n) is 6.21. The van der Waals surface area contributed by atoms with Crippen LogP contribution in [0.3, 0.4) is 0 Å². The minimum Gasteiger partial charge on any atom is -0.327 e. The van der Waals surface area contributed by atoms with Gasteiger partial charge in [-0.25, -0.2) is 0 Å². The fourth-order valence-electron chi connectivity index (χ4n) is 3.04. The van der Waals surface area contributed by atoms with Crippen molar-refractivity contribution < 1.29 is 4.79 Å². The lowest BCUT2D eigenvalue weighted by atomic mass is 9.87. The number of rotatable bonds is 2. The van der Waals surface area contributed by atoms with Gasteiger partial charge in [-0.15, -0.1) is 0 Å². The highest BCUT2D eigenvalue weighted by atomic mass is 16.2. The molecule has 17 heavy (non-hydrogen) atoms. The van der Waals surface area contributed by atoms with E-state index in [0.29, 0.717) is 6.42 Å². The molecule has 1 aliphatic heterocycles. The Morgan fingerprint density at radius 1 is 1.41 bits per heavy atom. The zero-order chi connectivity index (χ0) is 12.2. The molecule has 1 atom stereocenters. The summed E-state index contributed by atoms with van der Waals surface area (Å²) in [6, 6.07) is 6.41. The summed E-state index contributed by atoms with van der Waals surface area (Å²) in [6.45, 7) is 2.07. The maximum Gasteiger partial charge on any atom is 0.231 e. The molecule has 1 aromatic carbocycles. The van der Waals surface area contributed by atoms with Gasteiger partial charge in [-0.1, -0.05) is 18.2 Å². The van der Waals surface area contributed by atoms with E-state index in [1.807, 2.05) is 7.05 Å². The summed E-state index contributed by atoms with van der Waals surface area (Å²) >= 11 is 0. The molecule has 1 fully saturated rings. The molecule has 1 aliphatic carbocycles. The van der Waals surface area contributed by atoms with E-state index in [9.17, 15) is 4.79 Å². The first-order chi connectivity index (χ1) is 8.06. The summed E-state index contributed by atoms with van der Waals surface area (Å²) in [6.07, 6.45) is 2.82. The Labute approximate surface area is 102 Å². The highest BCUT2D eigenvalue weighted by molar-refractivity contribution is 6.02. The molecule has 3 rings (SSSR count). The number of likely N-dealkylation sites (N-methyl/N-ethyl adjacent to an activating group) is 1. The standard InChI is InChI=1S/C14H18N2O/c1-9(15)14(6-7-14)11-5-3-4-10-8-12(17)16(2)13(10)11/h3-5,9H,6-8,15H2,1-2H3. The van der Waals surface area contributed by atoms with E-state index in [0.717, 1.165) is 24.1 Å². The summed E-state index contributed by atoms with van der Waals surface area (Å²) < 4.78 is 0. The fourth-order valence-corrected chi connectivity index (χ4v) is 3.04. The third-order valence-corrected chi connectivity index (χ3v) is 4.37. The lowest BCUT2D eigenvalue weighted by Gasteiger charge is -2.25. The van der Waals surface area contributed by atoms with Crippen molar-refractivity contribution >= 4 is 11.6 Å². The number of anilines is 1. The predicted molar refractivity (Wildman–Crippen MR) is 68.1 cm³/mol. The molecule has 1 unspecified atom stereocenters. The van der Waals surface area contributed by atoms with Gasteiger partial charge in [0.25, 0.3) is 0 Å². The molecule has 2 N–H and O–H groups in total. The van der Waals surface area contributed by atoms with Crippen LogP contribution in [0.1, 0.15) is 30.9 Å². The summed E-state index contributed by atoms with van der Waals surface area (Å²) in [5, 5.41) is 0. The summed E-state index contributed by atoms with van der Waals surface area (Å²) in [7, 11) is 1.87. The molecular weight excluding hydrogens is 212 g/mol. The summed E-state index contributed by atoms with van der Waals surface area (Å²) in [5.74, 6) is 0.188. The number of nitrogens with zero attached hydrogens (tertiary/aromatic N) is 1. The third-order valence-electron chi connectivity index (χ3n) is 4.37. The van der Waals surface area contributed by atoms with Crippen LogP contribution < -0.4 is 10.6 Å². The van der Waals surface area contributed by atoms with Crippen LogP contribution in [0, 0.1) is 0 Å². The molecule has 1 heterocycles. The quantitative estimate of drug-likeness (QED) is 0.838. The molecular formula is C14H18N2O. The molecule has 1 amide bonds. The van der Waals surface area contributed by atoms with Crippen LogP contribution in [0.25, 0.3) is 0 Å². The second-order valence-corrected chi connectivity index (χ2v) is 5.39. The third kappa shape index (κ3) is 1.35. The highest BCUT2D eigenvalue weighted by Crippen LogP contribution is 2.54. The largest absolute Gasteiger partial charge is 0.327 e. The average molecular weight is 230 g/mol. The molecule has 3 heteroatoms. The first-order valence-corrected chi connectivity index (χ1v) is 6.21. The van der Waals surface area contributed by atoms with Gasteiger partial charge in [-0.2, -0.15) is 0 Å². The van der Waals surface area contributed by atoms with E-state index >= 15 is 0 Å². The molecule has 1 saturated carbocycles. The fraction of sp³-hybridized carbons (Fsp3) is 0.500. The molecule has 2 aliphatic rings.